The number of carbonyl (C=O) groups is 1. The van der Waals surface area contributed by atoms with Crippen LogP contribution in [0.1, 0.15) is 12.0 Å². The lowest BCUT2D eigenvalue weighted by atomic mass is 10.0. The Morgan fingerprint density at radius 1 is 1.56 bits per heavy atom. The minimum Gasteiger partial charge on any atom is -0.478 e. The van der Waals surface area contributed by atoms with Crippen molar-refractivity contribution < 1.29 is 14.3 Å². The molecule has 0 saturated heterocycles. The molecular formula is C13H14O3. The zero-order chi connectivity index (χ0) is 11.4. The third-order valence-corrected chi connectivity index (χ3v) is 2.52. The average molecular weight is 218 g/mol. The summed E-state index contributed by atoms with van der Waals surface area (Å²) in [6, 6.07) is 7.76. The van der Waals surface area contributed by atoms with E-state index in [4.69, 9.17) is 9.47 Å². The number of ether oxygens (including phenoxy) is 2. The van der Waals surface area contributed by atoms with Crippen molar-refractivity contribution >= 4 is 5.97 Å². The van der Waals surface area contributed by atoms with Gasteiger partial charge in [0, 0.05) is 0 Å². The summed E-state index contributed by atoms with van der Waals surface area (Å²) in [6.07, 6.45) is 2.60. The van der Waals surface area contributed by atoms with Crippen LogP contribution < -0.4 is 4.74 Å². The van der Waals surface area contributed by atoms with Crippen LogP contribution in [-0.2, 0) is 16.0 Å². The molecule has 3 heteroatoms. The minimum absolute atomic E-state index is 0.236. The Morgan fingerprint density at radius 2 is 2.38 bits per heavy atom. The largest absolute Gasteiger partial charge is 0.478 e. The number of aryl methyl sites for hydroxylation is 1. The normalized spacial score (nSPS) is 18.1. The molecule has 16 heavy (non-hydrogen) atoms. The van der Waals surface area contributed by atoms with Gasteiger partial charge in [0.15, 0.2) is 6.10 Å². The molecule has 1 aromatic carbocycles. The molecule has 0 aliphatic carbocycles. The highest BCUT2D eigenvalue weighted by Gasteiger charge is 2.26. The highest BCUT2D eigenvalue weighted by atomic mass is 16.6. The molecule has 0 amide bonds. The summed E-state index contributed by atoms with van der Waals surface area (Å²) in [5, 5.41) is 0. The quantitative estimate of drug-likeness (QED) is 0.575. The molecule has 1 aromatic rings. The van der Waals surface area contributed by atoms with Crippen molar-refractivity contribution in [1.29, 1.82) is 0 Å². The molecule has 1 atom stereocenters. The average Bonchev–Trinajstić information content (AvgIpc) is 2.35. The van der Waals surface area contributed by atoms with Gasteiger partial charge in [0.05, 0.1) is 0 Å². The number of hydrogen-bond donors (Lipinski definition) is 0. The molecule has 0 aromatic heterocycles. The van der Waals surface area contributed by atoms with Crippen LogP contribution in [0, 0.1) is 0 Å². The SMILES string of the molecule is C=CCOC(=O)C1CCc2ccccc2O1. The lowest BCUT2D eigenvalue weighted by Crippen LogP contribution is -2.32. The molecule has 1 unspecified atom stereocenters. The van der Waals surface area contributed by atoms with Crippen molar-refractivity contribution in [2.75, 3.05) is 6.61 Å². The van der Waals surface area contributed by atoms with Gasteiger partial charge in [-0.2, -0.15) is 0 Å². The van der Waals surface area contributed by atoms with E-state index in [2.05, 4.69) is 6.58 Å². The molecule has 0 saturated carbocycles. The molecule has 1 heterocycles. The molecule has 0 spiro atoms. The number of fused-ring (bicyclic) bond motifs is 1. The number of hydrogen-bond acceptors (Lipinski definition) is 3. The number of para-hydroxylation sites is 1. The second-order valence-corrected chi connectivity index (χ2v) is 3.67. The van der Waals surface area contributed by atoms with E-state index in [0.29, 0.717) is 6.42 Å². The van der Waals surface area contributed by atoms with Crippen LogP contribution in [0.4, 0.5) is 0 Å². The summed E-state index contributed by atoms with van der Waals surface area (Å²) in [6.45, 7) is 3.73. The van der Waals surface area contributed by atoms with Crippen LogP contribution in [0.25, 0.3) is 0 Å². The second kappa shape index (κ2) is 4.84. The molecule has 0 bridgehead atoms. The van der Waals surface area contributed by atoms with Gasteiger partial charge in [0.25, 0.3) is 0 Å². The van der Waals surface area contributed by atoms with Gasteiger partial charge in [-0.1, -0.05) is 30.9 Å². The van der Waals surface area contributed by atoms with Gasteiger partial charge in [-0.05, 0) is 24.5 Å². The third kappa shape index (κ3) is 2.24. The molecule has 0 radical (unpaired) electrons. The summed E-state index contributed by atoms with van der Waals surface area (Å²) in [5.74, 6) is 0.476. The first kappa shape index (κ1) is 10.7. The smallest absolute Gasteiger partial charge is 0.347 e. The van der Waals surface area contributed by atoms with Crippen LogP contribution in [0.5, 0.6) is 5.75 Å². The van der Waals surface area contributed by atoms with Crippen LogP contribution in [0.2, 0.25) is 0 Å². The maximum atomic E-state index is 11.6. The van der Waals surface area contributed by atoms with Crippen molar-refractivity contribution in [3.05, 3.63) is 42.5 Å². The van der Waals surface area contributed by atoms with E-state index in [-0.39, 0.29) is 12.6 Å². The first-order valence-corrected chi connectivity index (χ1v) is 5.33. The monoisotopic (exact) mass is 218 g/mol. The molecule has 84 valence electrons. The van der Waals surface area contributed by atoms with Gasteiger partial charge in [0.2, 0.25) is 0 Å². The van der Waals surface area contributed by atoms with Crippen molar-refractivity contribution in [2.24, 2.45) is 0 Å². The van der Waals surface area contributed by atoms with Crippen LogP contribution >= 0.6 is 0 Å². The van der Waals surface area contributed by atoms with Crippen LogP contribution in [0.15, 0.2) is 36.9 Å². The minimum atomic E-state index is -0.477. The Kier molecular flexibility index (Phi) is 3.25. The summed E-state index contributed by atoms with van der Waals surface area (Å²) in [4.78, 5) is 11.6. The first-order chi connectivity index (χ1) is 7.81. The fraction of sp³-hybridized carbons (Fsp3) is 0.308. The Balaban J connectivity index is 2.02. The van der Waals surface area contributed by atoms with Gasteiger partial charge in [-0.25, -0.2) is 4.79 Å². The van der Waals surface area contributed by atoms with Gasteiger partial charge < -0.3 is 9.47 Å². The summed E-state index contributed by atoms with van der Waals surface area (Å²) >= 11 is 0. The predicted octanol–water partition coefficient (Wildman–Crippen LogP) is 2.11. The Labute approximate surface area is 94.7 Å². The molecular weight excluding hydrogens is 204 g/mol. The summed E-state index contributed by atoms with van der Waals surface area (Å²) < 4.78 is 10.5. The summed E-state index contributed by atoms with van der Waals surface area (Å²) in [7, 11) is 0. The Bertz CT molecular complexity index is 398. The number of esters is 1. The van der Waals surface area contributed by atoms with E-state index in [0.717, 1.165) is 17.7 Å². The Hall–Kier alpha value is -1.77. The Morgan fingerprint density at radius 3 is 3.19 bits per heavy atom. The molecule has 3 nitrogen and oxygen atoms in total. The maximum Gasteiger partial charge on any atom is 0.347 e. The molecule has 1 aliphatic rings. The zero-order valence-corrected chi connectivity index (χ0v) is 9.02. The second-order valence-electron chi connectivity index (χ2n) is 3.67. The molecule has 0 N–H and O–H groups in total. The van der Waals surface area contributed by atoms with Crippen LogP contribution in [-0.4, -0.2) is 18.7 Å². The van der Waals surface area contributed by atoms with Gasteiger partial charge in [-0.15, -0.1) is 0 Å². The van der Waals surface area contributed by atoms with E-state index in [1.807, 2.05) is 24.3 Å². The lowest BCUT2D eigenvalue weighted by molar-refractivity contribution is -0.151. The van der Waals surface area contributed by atoms with E-state index in [1.165, 1.54) is 0 Å². The zero-order valence-electron chi connectivity index (χ0n) is 9.02. The number of benzene rings is 1. The standard InChI is InChI=1S/C13H14O3/c1-2-9-15-13(14)12-8-7-10-5-3-4-6-11(10)16-12/h2-6,12H,1,7-9H2. The summed E-state index contributed by atoms with van der Waals surface area (Å²) in [5.41, 5.74) is 1.15. The topological polar surface area (TPSA) is 35.5 Å². The van der Waals surface area contributed by atoms with Crippen molar-refractivity contribution in [1.82, 2.24) is 0 Å². The molecule has 2 rings (SSSR count). The highest BCUT2D eigenvalue weighted by Crippen LogP contribution is 2.27. The lowest BCUT2D eigenvalue weighted by Gasteiger charge is -2.24. The highest BCUT2D eigenvalue weighted by molar-refractivity contribution is 5.75. The van der Waals surface area contributed by atoms with Gasteiger partial charge in [-0.3, -0.25) is 0 Å². The van der Waals surface area contributed by atoms with Crippen molar-refractivity contribution in [3.8, 4) is 5.75 Å². The predicted molar refractivity (Wildman–Crippen MR) is 60.3 cm³/mol. The first-order valence-electron chi connectivity index (χ1n) is 5.33. The maximum absolute atomic E-state index is 11.6. The van der Waals surface area contributed by atoms with Crippen molar-refractivity contribution in [2.45, 2.75) is 18.9 Å². The fourth-order valence-electron chi connectivity index (χ4n) is 1.72. The van der Waals surface area contributed by atoms with E-state index < -0.39 is 6.10 Å². The van der Waals surface area contributed by atoms with Crippen molar-refractivity contribution in [3.63, 3.8) is 0 Å². The van der Waals surface area contributed by atoms with Crippen LogP contribution in [0.3, 0.4) is 0 Å². The third-order valence-electron chi connectivity index (χ3n) is 2.52. The number of carbonyl (C=O) groups excluding carboxylic acids is 1. The van der Waals surface area contributed by atoms with E-state index in [9.17, 15) is 4.79 Å². The number of rotatable bonds is 3. The fourth-order valence-corrected chi connectivity index (χ4v) is 1.72. The van der Waals surface area contributed by atoms with E-state index in [1.54, 1.807) is 6.08 Å². The van der Waals surface area contributed by atoms with Gasteiger partial charge >= 0.3 is 5.97 Å². The van der Waals surface area contributed by atoms with E-state index >= 15 is 0 Å². The molecule has 1 aliphatic heterocycles. The molecule has 0 fully saturated rings. The van der Waals surface area contributed by atoms with Gasteiger partial charge in [0.1, 0.15) is 12.4 Å².